The van der Waals surface area contributed by atoms with E-state index in [0.717, 1.165) is 32.5 Å². The molecule has 2 aliphatic heterocycles. The summed E-state index contributed by atoms with van der Waals surface area (Å²) >= 11 is 0. The number of rotatable bonds is 1. The van der Waals surface area contributed by atoms with Gasteiger partial charge in [0.1, 0.15) is 0 Å². The van der Waals surface area contributed by atoms with Crippen LogP contribution in [0.25, 0.3) is 0 Å². The fourth-order valence-electron chi connectivity index (χ4n) is 3.35. The number of fused-ring (bicyclic) bond motifs is 1. The average Bonchev–Trinajstić information content (AvgIpc) is 2.86. The molecule has 3 heteroatoms. The molecule has 0 aromatic heterocycles. The zero-order valence-corrected chi connectivity index (χ0v) is 9.62. The van der Waals surface area contributed by atoms with Crippen molar-refractivity contribution in [3.8, 4) is 0 Å². The summed E-state index contributed by atoms with van der Waals surface area (Å²) in [6, 6.07) is 0. The Kier molecular flexibility index (Phi) is 1.91. The molecule has 1 amide bonds. The molecule has 2 heterocycles. The van der Waals surface area contributed by atoms with Crippen molar-refractivity contribution in [2.75, 3.05) is 19.6 Å². The average molecular weight is 208 g/mol. The molecule has 1 saturated carbocycles. The first kappa shape index (κ1) is 9.64. The number of carbonyl (C=O) groups excluding carboxylic acids is 1. The number of amides is 1. The van der Waals surface area contributed by atoms with Crippen LogP contribution in [0.3, 0.4) is 0 Å². The third kappa shape index (κ3) is 1.32. The highest BCUT2D eigenvalue weighted by molar-refractivity contribution is 5.82. The summed E-state index contributed by atoms with van der Waals surface area (Å²) in [5.41, 5.74) is 0.0772. The zero-order valence-electron chi connectivity index (χ0n) is 9.62. The molecule has 3 nitrogen and oxygen atoms in total. The van der Waals surface area contributed by atoms with Gasteiger partial charge in [0.25, 0.3) is 0 Å². The number of nitrogens with zero attached hydrogens (tertiary/aromatic N) is 1. The third-order valence-corrected chi connectivity index (χ3v) is 4.55. The second-order valence-electron chi connectivity index (χ2n) is 5.90. The Morgan fingerprint density at radius 3 is 2.67 bits per heavy atom. The Balaban J connectivity index is 1.82. The molecule has 0 aromatic carbocycles. The second-order valence-corrected chi connectivity index (χ2v) is 5.90. The van der Waals surface area contributed by atoms with Crippen molar-refractivity contribution in [3.63, 3.8) is 0 Å². The van der Waals surface area contributed by atoms with Crippen LogP contribution in [0.5, 0.6) is 0 Å². The molecule has 1 N–H and O–H groups in total. The highest BCUT2D eigenvalue weighted by atomic mass is 16.2. The van der Waals surface area contributed by atoms with Gasteiger partial charge in [0, 0.05) is 31.1 Å². The summed E-state index contributed by atoms with van der Waals surface area (Å²) in [6.07, 6.45) is 2.25. The Bertz CT molecular complexity index is 296. The molecule has 3 aliphatic rings. The van der Waals surface area contributed by atoms with Crippen LogP contribution in [0.1, 0.15) is 26.7 Å². The van der Waals surface area contributed by atoms with E-state index in [1.54, 1.807) is 0 Å². The van der Waals surface area contributed by atoms with Crippen LogP contribution >= 0.6 is 0 Å². The summed E-state index contributed by atoms with van der Waals surface area (Å²) in [5.74, 6) is 2.16. The number of carbonyl (C=O) groups is 1. The minimum absolute atomic E-state index is 0.0772. The van der Waals surface area contributed by atoms with E-state index in [0.29, 0.717) is 23.7 Å². The summed E-state index contributed by atoms with van der Waals surface area (Å²) in [7, 11) is 0. The van der Waals surface area contributed by atoms with Gasteiger partial charge in [-0.3, -0.25) is 4.79 Å². The first-order chi connectivity index (χ1) is 7.10. The smallest absolute Gasteiger partial charge is 0.226 e. The molecule has 3 rings (SSSR count). The van der Waals surface area contributed by atoms with Crippen LogP contribution < -0.4 is 5.32 Å². The normalized spacial score (nSPS) is 38.1. The van der Waals surface area contributed by atoms with Crippen molar-refractivity contribution < 1.29 is 4.79 Å². The van der Waals surface area contributed by atoms with Crippen molar-refractivity contribution in [2.45, 2.75) is 32.2 Å². The maximum absolute atomic E-state index is 12.2. The van der Waals surface area contributed by atoms with Crippen LogP contribution in [0.2, 0.25) is 0 Å². The minimum atomic E-state index is 0.0772. The van der Waals surface area contributed by atoms with Gasteiger partial charge in [-0.05, 0) is 38.5 Å². The minimum Gasteiger partial charge on any atom is -0.337 e. The Morgan fingerprint density at radius 2 is 2.07 bits per heavy atom. The molecule has 15 heavy (non-hydrogen) atoms. The fourth-order valence-corrected chi connectivity index (χ4v) is 3.35. The lowest BCUT2D eigenvalue weighted by Gasteiger charge is -2.35. The summed E-state index contributed by atoms with van der Waals surface area (Å²) in [5, 5.41) is 3.45. The molecule has 84 valence electrons. The van der Waals surface area contributed by atoms with Crippen molar-refractivity contribution in [1.29, 1.82) is 0 Å². The van der Waals surface area contributed by atoms with Crippen LogP contribution in [0.15, 0.2) is 0 Å². The summed E-state index contributed by atoms with van der Waals surface area (Å²) < 4.78 is 0. The quantitative estimate of drug-likeness (QED) is 0.693. The van der Waals surface area contributed by atoms with E-state index in [1.807, 2.05) is 0 Å². The monoisotopic (exact) mass is 208 g/mol. The number of nitrogens with one attached hydrogen (secondary N) is 1. The molecular weight excluding hydrogens is 188 g/mol. The third-order valence-electron chi connectivity index (χ3n) is 4.55. The SMILES string of the molecule is CC1(C)C2CNCC2CN1C(=O)C1CC1. The van der Waals surface area contributed by atoms with E-state index in [1.165, 1.54) is 0 Å². The van der Waals surface area contributed by atoms with E-state index in [4.69, 9.17) is 0 Å². The maximum Gasteiger partial charge on any atom is 0.226 e. The lowest BCUT2D eigenvalue weighted by atomic mass is 9.85. The van der Waals surface area contributed by atoms with Gasteiger partial charge in [-0.25, -0.2) is 0 Å². The molecule has 1 aliphatic carbocycles. The number of likely N-dealkylation sites (tertiary alicyclic amines) is 1. The van der Waals surface area contributed by atoms with E-state index in [2.05, 4.69) is 24.1 Å². The first-order valence-electron chi connectivity index (χ1n) is 6.13. The van der Waals surface area contributed by atoms with E-state index in [-0.39, 0.29) is 5.54 Å². The second kappa shape index (κ2) is 2.97. The topological polar surface area (TPSA) is 32.3 Å². The lowest BCUT2D eigenvalue weighted by molar-refractivity contribution is -0.136. The van der Waals surface area contributed by atoms with Gasteiger partial charge in [0.05, 0.1) is 0 Å². The predicted octanol–water partition coefficient (Wildman–Crippen LogP) is 0.853. The van der Waals surface area contributed by atoms with Crippen molar-refractivity contribution in [3.05, 3.63) is 0 Å². The predicted molar refractivity (Wildman–Crippen MR) is 58.4 cm³/mol. The van der Waals surface area contributed by atoms with Crippen molar-refractivity contribution in [2.24, 2.45) is 17.8 Å². The van der Waals surface area contributed by atoms with Gasteiger partial charge in [-0.15, -0.1) is 0 Å². The molecule has 3 fully saturated rings. The lowest BCUT2D eigenvalue weighted by Crippen LogP contribution is -2.48. The van der Waals surface area contributed by atoms with Crippen molar-refractivity contribution in [1.82, 2.24) is 10.2 Å². The van der Waals surface area contributed by atoms with Crippen LogP contribution in [0, 0.1) is 17.8 Å². The molecule has 0 bridgehead atoms. The van der Waals surface area contributed by atoms with Crippen molar-refractivity contribution >= 4 is 5.91 Å². The zero-order chi connectivity index (χ0) is 10.6. The van der Waals surface area contributed by atoms with Crippen LogP contribution in [-0.4, -0.2) is 36.0 Å². The van der Waals surface area contributed by atoms with E-state index >= 15 is 0 Å². The molecule has 0 aromatic rings. The standard InChI is InChI=1S/C12H20N2O/c1-12(2)10-6-13-5-9(10)7-14(12)11(15)8-3-4-8/h8-10,13H,3-7H2,1-2H3. The largest absolute Gasteiger partial charge is 0.337 e. The molecule has 2 atom stereocenters. The van der Waals surface area contributed by atoms with Gasteiger partial charge < -0.3 is 10.2 Å². The summed E-state index contributed by atoms with van der Waals surface area (Å²) in [6.45, 7) is 7.66. The Morgan fingerprint density at radius 1 is 1.33 bits per heavy atom. The van der Waals surface area contributed by atoms with Gasteiger partial charge in [0.2, 0.25) is 5.91 Å². The molecular formula is C12H20N2O. The first-order valence-corrected chi connectivity index (χ1v) is 6.13. The maximum atomic E-state index is 12.2. The van der Waals surface area contributed by atoms with E-state index in [9.17, 15) is 4.79 Å². The molecule has 2 saturated heterocycles. The number of hydrogen-bond donors (Lipinski definition) is 1. The number of hydrogen-bond acceptors (Lipinski definition) is 2. The van der Waals surface area contributed by atoms with E-state index < -0.39 is 0 Å². The van der Waals surface area contributed by atoms with Gasteiger partial charge in [-0.2, -0.15) is 0 Å². The Labute approximate surface area is 91.2 Å². The Hall–Kier alpha value is -0.570. The van der Waals surface area contributed by atoms with Gasteiger partial charge >= 0.3 is 0 Å². The molecule has 0 spiro atoms. The molecule has 2 unspecified atom stereocenters. The van der Waals surface area contributed by atoms with Gasteiger partial charge in [-0.1, -0.05) is 0 Å². The van der Waals surface area contributed by atoms with Crippen LogP contribution in [0.4, 0.5) is 0 Å². The fraction of sp³-hybridized carbons (Fsp3) is 0.917. The highest BCUT2D eigenvalue weighted by Crippen LogP contribution is 2.43. The van der Waals surface area contributed by atoms with Gasteiger partial charge in [0.15, 0.2) is 0 Å². The highest BCUT2D eigenvalue weighted by Gasteiger charge is 2.53. The summed E-state index contributed by atoms with van der Waals surface area (Å²) in [4.78, 5) is 14.3. The van der Waals surface area contributed by atoms with Crippen LogP contribution in [-0.2, 0) is 4.79 Å². The molecule has 0 radical (unpaired) electrons.